The van der Waals surface area contributed by atoms with Gasteiger partial charge in [-0.1, -0.05) is 6.07 Å². The van der Waals surface area contributed by atoms with E-state index in [0.29, 0.717) is 23.4 Å². The van der Waals surface area contributed by atoms with E-state index < -0.39 is 22.1 Å². The maximum absolute atomic E-state index is 13.3. The summed E-state index contributed by atoms with van der Waals surface area (Å²) in [6, 6.07) is 11.8. The average molecular weight is 543 g/mol. The molecule has 0 saturated heterocycles. The number of halogens is 4. The SMILES string of the molecule is CNCc1cn(S(=O)(=O)c2cccnc2)c2cc(Nc3ccc(OC(F)(F)F)cc3OC)ccc12.Cl. The van der Waals surface area contributed by atoms with Gasteiger partial charge in [-0.25, -0.2) is 12.4 Å². The van der Waals surface area contributed by atoms with Gasteiger partial charge in [-0.15, -0.1) is 25.6 Å². The molecule has 0 bridgehead atoms. The number of anilines is 2. The van der Waals surface area contributed by atoms with Crippen LogP contribution in [0.15, 0.2) is 72.0 Å². The molecule has 13 heteroatoms. The molecule has 0 aliphatic rings. The Kier molecular flexibility index (Phi) is 8.02. The number of ether oxygens (including phenoxy) is 2. The normalized spacial score (nSPS) is 11.7. The zero-order chi connectivity index (χ0) is 25.2. The summed E-state index contributed by atoms with van der Waals surface area (Å²) in [5.41, 5.74) is 2.05. The maximum atomic E-state index is 13.3. The third-order valence-electron chi connectivity index (χ3n) is 5.10. The molecule has 0 radical (unpaired) electrons. The summed E-state index contributed by atoms with van der Waals surface area (Å²) in [6.45, 7) is 0.438. The van der Waals surface area contributed by atoms with Crippen LogP contribution in [0.1, 0.15) is 5.56 Å². The Bertz CT molecular complexity index is 1460. The van der Waals surface area contributed by atoms with Gasteiger partial charge in [0.2, 0.25) is 0 Å². The number of methoxy groups -OCH3 is 1. The van der Waals surface area contributed by atoms with Crippen molar-refractivity contribution in [2.24, 2.45) is 0 Å². The highest BCUT2D eigenvalue weighted by atomic mass is 35.5. The summed E-state index contributed by atoms with van der Waals surface area (Å²) in [5, 5.41) is 6.82. The van der Waals surface area contributed by atoms with Gasteiger partial charge < -0.3 is 20.1 Å². The van der Waals surface area contributed by atoms with Crippen molar-refractivity contribution in [1.82, 2.24) is 14.3 Å². The fraction of sp³-hybridized carbons (Fsp3) is 0.174. The summed E-state index contributed by atoms with van der Waals surface area (Å²) >= 11 is 0. The van der Waals surface area contributed by atoms with Gasteiger partial charge in [0.25, 0.3) is 10.0 Å². The van der Waals surface area contributed by atoms with Gasteiger partial charge in [0.1, 0.15) is 16.4 Å². The van der Waals surface area contributed by atoms with Crippen LogP contribution in [-0.2, 0) is 16.6 Å². The van der Waals surface area contributed by atoms with E-state index >= 15 is 0 Å². The lowest BCUT2D eigenvalue weighted by Gasteiger charge is -2.15. The van der Waals surface area contributed by atoms with E-state index in [2.05, 4.69) is 20.4 Å². The molecular formula is C23H22ClF3N4O4S. The summed E-state index contributed by atoms with van der Waals surface area (Å²) in [5.74, 6) is -0.315. The van der Waals surface area contributed by atoms with Crippen molar-refractivity contribution >= 4 is 44.7 Å². The predicted octanol–water partition coefficient (Wildman–Crippen LogP) is 5.07. The highest BCUT2D eigenvalue weighted by molar-refractivity contribution is 7.90. The van der Waals surface area contributed by atoms with Crippen molar-refractivity contribution < 1.29 is 31.1 Å². The van der Waals surface area contributed by atoms with Crippen molar-refractivity contribution in [2.75, 3.05) is 19.5 Å². The van der Waals surface area contributed by atoms with Gasteiger partial charge in [0.15, 0.2) is 0 Å². The van der Waals surface area contributed by atoms with Gasteiger partial charge in [0.05, 0.1) is 18.3 Å². The Morgan fingerprint density at radius 1 is 1.11 bits per heavy atom. The third kappa shape index (κ3) is 5.66. The molecule has 0 saturated carbocycles. The van der Waals surface area contributed by atoms with E-state index in [-0.39, 0.29) is 23.1 Å². The number of alkyl halides is 3. The van der Waals surface area contributed by atoms with Crippen molar-refractivity contribution in [2.45, 2.75) is 17.8 Å². The number of benzene rings is 2. The van der Waals surface area contributed by atoms with Crippen molar-refractivity contribution in [3.8, 4) is 11.5 Å². The largest absolute Gasteiger partial charge is 0.573 e. The molecule has 2 aromatic heterocycles. The van der Waals surface area contributed by atoms with Gasteiger partial charge in [-0.2, -0.15) is 0 Å². The number of hydrogen-bond donors (Lipinski definition) is 2. The minimum Gasteiger partial charge on any atom is -0.494 e. The Hall–Kier alpha value is -3.48. The number of aromatic nitrogens is 2. The monoisotopic (exact) mass is 542 g/mol. The zero-order valence-corrected chi connectivity index (χ0v) is 20.7. The summed E-state index contributed by atoms with van der Waals surface area (Å²) in [6.07, 6.45) is -0.519. The number of hydrogen-bond acceptors (Lipinski definition) is 7. The highest BCUT2D eigenvalue weighted by Gasteiger charge is 2.31. The lowest BCUT2D eigenvalue weighted by atomic mass is 10.1. The number of pyridine rings is 1. The van der Waals surface area contributed by atoms with E-state index in [0.717, 1.165) is 23.1 Å². The minimum absolute atomic E-state index is 0. The molecule has 0 fully saturated rings. The molecule has 0 aliphatic carbocycles. The van der Waals surface area contributed by atoms with E-state index in [9.17, 15) is 21.6 Å². The smallest absolute Gasteiger partial charge is 0.494 e. The molecule has 2 N–H and O–H groups in total. The Morgan fingerprint density at radius 2 is 1.89 bits per heavy atom. The Balaban J connectivity index is 0.00000361. The van der Waals surface area contributed by atoms with Crippen LogP contribution in [0.25, 0.3) is 10.9 Å². The van der Waals surface area contributed by atoms with Crippen LogP contribution in [0, 0.1) is 0 Å². The second-order valence-electron chi connectivity index (χ2n) is 7.44. The molecule has 2 aromatic carbocycles. The van der Waals surface area contributed by atoms with Crippen LogP contribution in [0.3, 0.4) is 0 Å². The van der Waals surface area contributed by atoms with Crippen LogP contribution in [-0.4, -0.2) is 37.9 Å². The van der Waals surface area contributed by atoms with Crippen LogP contribution in [0.2, 0.25) is 0 Å². The van der Waals surface area contributed by atoms with Crippen molar-refractivity contribution in [1.29, 1.82) is 0 Å². The first kappa shape index (κ1) is 27.1. The molecule has 0 spiro atoms. The molecule has 4 aromatic rings. The Morgan fingerprint density at radius 3 is 2.53 bits per heavy atom. The molecule has 0 amide bonds. The molecule has 2 heterocycles. The fourth-order valence-electron chi connectivity index (χ4n) is 3.61. The lowest BCUT2D eigenvalue weighted by Crippen LogP contribution is -2.17. The molecule has 0 aliphatic heterocycles. The Labute approximate surface area is 211 Å². The molecule has 0 unspecified atom stereocenters. The summed E-state index contributed by atoms with van der Waals surface area (Å²) < 4.78 is 74.7. The first-order valence-corrected chi connectivity index (χ1v) is 11.7. The number of fused-ring (bicyclic) bond motifs is 1. The minimum atomic E-state index is -4.83. The summed E-state index contributed by atoms with van der Waals surface area (Å²) in [7, 11) is -0.864. The van der Waals surface area contributed by atoms with E-state index in [1.54, 1.807) is 37.5 Å². The second-order valence-corrected chi connectivity index (χ2v) is 9.26. The van der Waals surface area contributed by atoms with Gasteiger partial charge >= 0.3 is 6.36 Å². The van der Waals surface area contributed by atoms with Crippen LogP contribution in [0.4, 0.5) is 24.5 Å². The fourth-order valence-corrected chi connectivity index (χ4v) is 4.96. The van der Waals surface area contributed by atoms with E-state index in [1.807, 2.05) is 0 Å². The van der Waals surface area contributed by atoms with Crippen LogP contribution < -0.4 is 20.1 Å². The zero-order valence-electron chi connectivity index (χ0n) is 19.0. The lowest BCUT2D eigenvalue weighted by molar-refractivity contribution is -0.274. The highest BCUT2D eigenvalue weighted by Crippen LogP contribution is 2.35. The third-order valence-corrected chi connectivity index (χ3v) is 6.76. The molecule has 0 atom stereocenters. The predicted molar refractivity (Wildman–Crippen MR) is 132 cm³/mol. The van der Waals surface area contributed by atoms with Crippen molar-refractivity contribution in [3.63, 3.8) is 0 Å². The summed E-state index contributed by atoms with van der Waals surface area (Å²) in [4.78, 5) is 3.95. The first-order chi connectivity index (χ1) is 16.6. The standard InChI is InChI=1S/C23H21F3N4O4S.ClH/c1-27-12-15-14-30(35(31,32)18-4-3-9-28-13-18)21-10-16(5-7-19(15)21)29-20-8-6-17(11-22(20)33-2)34-23(24,25)26;/h3-11,13-14,27,29H,12H2,1-2H3;1H. The van der Waals surface area contributed by atoms with Crippen LogP contribution >= 0.6 is 12.4 Å². The number of rotatable bonds is 8. The molecule has 8 nitrogen and oxygen atoms in total. The molecule has 36 heavy (non-hydrogen) atoms. The van der Waals surface area contributed by atoms with E-state index in [4.69, 9.17) is 4.74 Å². The topological polar surface area (TPSA) is 94.5 Å². The molecule has 192 valence electrons. The van der Waals surface area contributed by atoms with E-state index in [1.165, 1.54) is 35.6 Å². The molecule has 4 rings (SSSR count). The average Bonchev–Trinajstić information content (AvgIpc) is 3.18. The maximum Gasteiger partial charge on any atom is 0.573 e. The second kappa shape index (κ2) is 10.6. The number of nitrogens with one attached hydrogen (secondary N) is 2. The molecular weight excluding hydrogens is 521 g/mol. The van der Waals surface area contributed by atoms with Gasteiger partial charge in [-0.05, 0) is 49.0 Å². The first-order valence-electron chi connectivity index (χ1n) is 10.3. The van der Waals surface area contributed by atoms with Gasteiger partial charge in [-0.3, -0.25) is 4.98 Å². The van der Waals surface area contributed by atoms with Crippen molar-refractivity contribution in [3.05, 3.63) is 72.7 Å². The van der Waals surface area contributed by atoms with Crippen LogP contribution in [0.5, 0.6) is 11.5 Å². The van der Waals surface area contributed by atoms with Gasteiger partial charge in [0, 0.05) is 42.3 Å². The quantitative estimate of drug-likeness (QED) is 0.321. The number of nitrogens with zero attached hydrogens (tertiary/aromatic N) is 2.